The summed E-state index contributed by atoms with van der Waals surface area (Å²) >= 11 is 12.1. The lowest BCUT2D eigenvalue weighted by atomic mass is 10.2. The van der Waals surface area contributed by atoms with Gasteiger partial charge in [-0.1, -0.05) is 35.3 Å². The predicted molar refractivity (Wildman–Crippen MR) is 85.3 cm³/mol. The van der Waals surface area contributed by atoms with E-state index < -0.39 is 0 Å². The van der Waals surface area contributed by atoms with Crippen LogP contribution in [0.1, 0.15) is 18.4 Å². The second kappa shape index (κ2) is 6.08. The number of nitrogens with one attached hydrogen (secondary N) is 1. The van der Waals surface area contributed by atoms with Crippen LogP contribution in [0.15, 0.2) is 35.3 Å². The summed E-state index contributed by atoms with van der Waals surface area (Å²) in [5.74, 6) is 0.748. The maximum atomic E-state index is 12.1. The summed E-state index contributed by atoms with van der Waals surface area (Å²) in [6, 6.07) is 6.92. The Labute approximate surface area is 132 Å². The zero-order valence-electron chi connectivity index (χ0n) is 11.4. The van der Waals surface area contributed by atoms with Crippen molar-refractivity contribution >= 4 is 28.9 Å². The van der Waals surface area contributed by atoms with Crippen molar-refractivity contribution < 1.29 is 0 Å². The number of nitrogens with zero attached hydrogens (tertiary/aromatic N) is 2. The number of rotatable bonds is 5. The van der Waals surface area contributed by atoms with Crippen molar-refractivity contribution in [3.05, 3.63) is 56.4 Å². The Morgan fingerprint density at radius 2 is 2.14 bits per heavy atom. The standard InChI is InChI=1S/C15H15Cl2N3O/c16-13-3-1-2-11(15(13)17)9-20-14(21)6-12(8-19-20)18-7-10-4-5-10/h1-3,6,8,10,18H,4-5,7,9H2. The molecule has 0 spiro atoms. The van der Waals surface area contributed by atoms with E-state index in [1.54, 1.807) is 24.4 Å². The van der Waals surface area contributed by atoms with Gasteiger partial charge in [0.2, 0.25) is 0 Å². The third-order valence-electron chi connectivity index (χ3n) is 3.51. The maximum absolute atomic E-state index is 12.1. The van der Waals surface area contributed by atoms with Crippen LogP contribution in [0.25, 0.3) is 0 Å². The second-order valence-electron chi connectivity index (χ2n) is 5.28. The van der Waals surface area contributed by atoms with E-state index in [-0.39, 0.29) is 5.56 Å². The van der Waals surface area contributed by atoms with Gasteiger partial charge in [-0.25, -0.2) is 4.68 Å². The number of halogens is 2. The van der Waals surface area contributed by atoms with E-state index in [2.05, 4.69) is 10.4 Å². The molecule has 1 heterocycles. The largest absolute Gasteiger partial charge is 0.383 e. The highest BCUT2D eigenvalue weighted by molar-refractivity contribution is 6.42. The van der Waals surface area contributed by atoms with Crippen molar-refractivity contribution in [3.8, 4) is 0 Å². The molecule has 1 aromatic heterocycles. The van der Waals surface area contributed by atoms with Gasteiger partial charge in [-0.2, -0.15) is 5.10 Å². The fourth-order valence-electron chi connectivity index (χ4n) is 2.07. The predicted octanol–water partition coefficient (Wildman–Crippen LogP) is 3.42. The quantitative estimate of drug-likeness (QED) is 0.917. The van der Waals surface area contributed by atoms with Gasteiger partial charge in [0.15, 0.2) is 0 Å². The molecular formula is C15H15Cl2N3O. The number of hydrogen-bond donors (Lipinski definition) is 1. The molecule has 1 fully saturated rings. The van der Waals surface area contributed by atoms with Crippen molar-refractivity contribution in [1.82, 2.24) is 9.78 Å². The molecule has 2 aromatic rings. The summed E-state index contributed by atoms with van der Waals surface area (Å²) in [7, 11) is 0. The number of hydrogen-bond acceptors (Lipinski definition) is 3. The minimum atomic E-state index is -0.160. The van der Waals surface area contributed by atoms with Gasteiger partial charge in [-0.15, -0.1) is 0 Å². The van der Waals surface area contributed by atoms with E-state index in [0.29, 0.717) is 16.6 Å². The Kier molecular flexibility index (Phi) is 4.17. The molecule has 1 aromatic carbocycles. The van der Waals surface area contributed by atoms with Gasteiger partial charge < -0.3 is 5.32 Å². The Balaban J connectivity index is 1.76. The van der Waals surface area contributed by atoms with Crippen LogP contribution in [-0.2, 0) is 6.54 Å². The molecule has 4 nitrogen and oxygen atoms in total. The van der Waals surface area contributed by atoms with E-state index in [1.807, 2.05) is 6.07 Å². The zero-order chi connectivity index (χ0) is 14.8. The summed E-state index contributed by atoms with van der Waals surface area (Å²) < 4.78 is 1.37. The molecule has 6 heteroatoms. The van der Waals surface area contributed by atoms with Crippen LogP contribution in [0.4, 0.5) is 5.69 Å². The van der Waals surface area contributed by atoms with E-state index in [1.165, 1.54) is 17.5 Å². The molecule has 110 valence electrons. The van der Waals surface area contributed by atoms with Crippen LogP contribution in [0, 0.1) is 5.92 Å². The van der Waals surface area contributed by atoms with Gasteiger partial charge in [-0.05, 0) is 30.4 Å². The normalized spacial score (nSPS) is 14.2. The third-order valence-corrected chi connectivity index (χ3v) is 4.37. The molecular weight excluding hydrogens is 309 g/mol. The molecule has 0 bridgehead atoms. The monoisotopic (exact) mass is 323 g/mol. The van der Waals surface area contributed by atoms with Crippen LogP contribution in [0.3, 0.4) is 0 Å². The molecule has 0 radical (unpaired) electrons. The first kappa shape index (κ1) is 14.4. The average Bonchev–Trinajstić information content (AvgIpc) is 3.28. The second-order valence-corrected chi connectivity index (χ2v) is 6.06. The Morgan fingerprint density at radius 1 is 1.33 bits per heavy atom. The molecule has 1 saturated carbocycles. The van der Waals surface area contributed by atoms with E-state index in [9.17, 15) is 4.79 Å². The van der Waals surface area contributed by atoms with E-state index >= 15 is 0 Å². The van der Waals surface area contributed by atoms with Gasteiger partial charge in [0.1, 0.15) is 0 Å². The SMILES string of the molecule is O=c1cc(NCC2CC2)cnn1Cc1cccc(Cl)c1Cl. The van der Waals surface area contributed by atoms with Crippen molar-refractivity contribution in [3.63, 3.8) is 0 Å². The van der Waals surface area contributed by atoms with Crippen LogP contribution < -0.4 is 10.9 Å². The maximum Gasteiger partial charge on any atom is 0.269 e. The van der Waals surface area contributed by atoms with Crippen LogP contribution in [0.2, 0.25) is 10.0 Å². The van der Waals surface area contributed by atoms with Crippen molar-refractivity contribution in [2.24, 2.45) is 5.92 Å². The molecule has 21 heavy (non-hydrogen) atoms. The first-order valence-electron chi connectivity index (χ1n) is 6.87. The Bertz CT molecular complexity index is 710. The minimum absolute atomic E-state index is 0.160. The summed E-state index contributed by atoms with van der Waals surface area (Å²) in [5.41, 5.74) is 1.38. The molecule has 0 unspecified atom stereocenters. The molecule has 0 amide bonds. The zero-order valence-corrected chi connectivity index (χ0v) is 12.9. The van der Waals surface area contributed by atoms with Crippen molar-refractivity contribution in [2.75, 3.05) is 11.9 Å². The topological polar surface area (TPSA) is 46.9 Å². The molecule has 1 aliphatic rings. The molecule has 0 aliphatic heterocycles. The fraction of sp³-hybridized carbons (Fsp3) is 0.333. The molecule has 0 saturated heterocycles. The number of aromatic nitrogens is 2. The van der Waals surface area contributed by atoms with E-state index in [4.69, 9.17) is 23.2 Å². The fourth-order valence-corrected chi connectivity index (χ4v) is 2.44. The van der Waals surface area contributed by atoms with Crippen molar-refractivity contribution in [2.45, 2.75) is 19.4 Å². The first-order chi connectivity index (χ1) is 10.1. The van der Waals surface area contributed by atoms with Crippen LogP contribution in [-0.4, -0.2) is 16.3 Å². The highest BCUT2D eigenvalue weighted by Crippen LogP contribution is 2.28. The van der Waals surface area contributed by atoms with Gasteiger partial charge in [0.25, 0.3) is 5.56 Å². The third kappa shape index (κ3) is 3.57. The minimum Gasteiger partial charge on any atom is -0.383 e. The summed E-state index contributed by atoms with van der Waals surface area (Å²) in [6.07, 6.45) is 4.21. The molecule has 1 N–H and O–H groups in total. The first-order valence-corrected chi connectivity index (χ1v) is 7.63. The van der Waals surface area contributed by atoms with Gasteiger partial charge in [0.05, 0.1) is 28.5 Å². The lowest BCUT2D eigenvalue weighted by Crippen LogP contribution is -2.23. The van der Waals surface area contributed by atoms with Gasteiger partial charge >= 0.3 is 0 Å². The van der Waals surface area contributed by atoms with E-state index in [0.717, 1.165) is 23.7 Å². The van der Waals surface area contributed by atoms with Crippen LogP contribution >= 0.6 is 23.2 Å². The average molecular weight is 324 g/mol. The highest BCUT2D eigenvalue weighted by Gasteiger charge is 2.20. The van der Waals surface area contributed by atoms with Crippen molar-refractivity contribution in [1.29, 1.82) is 0 Å². The highest BCUT2D eigenvalue weighted by atomic mass is 35.5. The summed E-state index contributed by atoms with van der Waals surface area (Å²) in [6.45, 7) is 1.21. The van der Waals surface area contributed by atoms with Gasteiger partial charge in [0, 0.05) is 12.6 Å². The number of anilines is 1. The molecule has 1 aliphatic carbocycles. The lowest BCUT2D eigenvalue weighted by molar-refractivity contribution is 0.639. The summed E-state index contributed by atoms with van der Waals surface area (Å²) in [5, 5.41) is 8.36. The van der Waals surface area contributed by atoms with Crippen LogP contribution in [0.5, 0.6) is 0 Å². The number of benzene rings is 1. The lowest BCUT2D eigenvalue weighted by Gasteiger charge is -2.09. The summed E-state index contributed by atoms with van der Waals surface area (Å²) in [4.78, 5) is 12.1. The smallest absolute Gasteiger partial charge is 0.269 e. The Morgan fingerprint density at radius 3 is 2.86 bits per heavy atom. The molecule has 0 atom stereocenters. The Hall–Kier alpha value is -1.52. The molecule has 3 rings (SSSR count). The van der Waals surface area contributed by atoms with Gasteiger partial charge in [-0.3, -0.25) is 4.79 Å².